The minimum absolute atomic E-state index is 0.367. The fourth-order valence-electron chi connectivity index (χ4n) is 1.90. The van der Waals surface area contributed by atoms with Crippen LogP contribution in [0.25, 0.3) is 6.08 Å². The van der Waals surface area contributed by atoms with Crippen LogP contribution in [0.1, 0.15) is 12.0 Å². The van der Waals surface area contributed by atoms with E-state index in [9.17, 15) is 14.7 Å². The largest absolute Gasteiger partial charge is 0.479 e. The molecule has 0 bridgehead atoms. The summed E-state index contributed by atoms with van der Waals surface area (Å²) in [7, 11) is 0. The lowest BCUT2D eigenvalue weighted by Crippen LogP contribution is -2.54. The highest BCUT2D eigenvalue weighted by molar-refractivity contribution is 7.99. The summed E-state index contributed by atoms with van der Waals surface area (Å²) in [6.07, 6.45) is 3.52. The van der Waals surface area contributed by atoms with Gasteiger partial charge in [-0.3, -0.25) is 4.79 Å². The lowest BCUT2D eigenvalue weighted by molar-refractivity contribution is -0.145. The summed E-state index contributed by atoms with van der Waals surface area (Å²) >= 11 is 1.55. The van der Waals surface area contributed by atoms with Gasteiger partial charge in [-0.15, -0.1) is 0 Å². The average Bonchev–Trinajstić information content (AvgIpc) is 2.87. The zero-order chi connectivity index (χ0) is 13.7. The SMILES string of the molecule is O=C(C=Cc1ccccc1)NC1(C(=O)O)CCSC1. The first-order chi connectivity index (χ1) is 9.12. The van der Waals surface area contributed by atoms with Crippen molar-refractivity contribution < 1.29 is 14.7 Å². The van der Waals surface area contributed by atoms with E-state index in [2.05, 4.69) is 5.32 Å². The highest BCUT2D eigenvalue weighted by Gasteiger charge is 2.42. The standard InChI is InChI=1S/C14H15NO3S/c16-12(7-6-11-4-2-1-3-5-11)15-14(13(17)18)8-9-19-10-14/h1-7H,8-10H2,(H,15,16)(H,17,18). The smallest absolute Gasteiger partial charge is 0.330 e. The number of hydrogen-bond acceptors (Lipinski definition) is 3. The van der Waals surface area contributed by atoms with Gasteiger partial charge in [0.05, 0.1) is 0 Å². The van der Waals surface area contributed by atoms with Crippen LogP contribution in [0.2, 0.25) is 0 Å². The normalized spacial score (nSPS) is 22.5. The summed E-state index contributed by atoms with van der Waals surface area (Å²) in [6.45, 7) is 0. The van der Waals surface area contributed by atoms with E-state index in [-0.39, 0.29) is 5.91 Å². The number of rotatable bonds is 4. The Labute approximate surface area is 115 Å². The Morgan fingerprint density at radius 2 is 2.05 bits per heavy atom. The van der Waals surface area contributed by atoms with E-state index in [1.54, 1.807) is 17.8 Å². The summed E-state index contributed by atoms with van der Waals surface area (Å²) in [5, 5.41) is 11.9. The Balaban J connectivity index is 2.01. The third kappa shape index (κ3) is 3.38. The Morgan fingerprint density at radius 1 is 1.32 bits per heavy atom. The van der Waals surface area contributed by atoms with Crippen molar-refractivity contribution >= 4 is 29.7 Å². The minimum atomic E-state index is -1.11. The van der Waals surface area contributed by atoms with Crippen molar-refractivity contribution in [2.45, 2.75) is 12.0 Å². The molecule has 1 unspecified atom stereocenters. The second kappa shape index (κ2) is 5.93. The lowest BCUT2D eigenvalue weighted by Gasteiger charge is -2.23. The highest BCUT2D eigenvalue weighted by atomic mass is 32.2. The van der Waals surface area contributed by atoms with Gasteiger partial charge in [0, 0.05) is 11.8 Å². The molecule has 0 aromatic heterocycles. The van der Waals surface area contributed by atoms with Crippen LogP contribution in [-0.4, -0.2) is 34.0 Å². The number of amides is 1. The zero-order valence-corrected chi connectivity index (χ0v) is 11.2. The molecule has 1 atom stereocenters. The molecule has 0 saturated carbocycles. The van der Waals surface area contributed by atoms with E-state index in [4.69, 9.17) is 0 Å². The van der Waals surface area contributed by atoms with Crippen molar-refractivity contribution in [2.24, 2.45) is 0 Å². The Hall–Kier alpha value is -1.75. The molecule has 1 amide bonds. The quantitative estimate of drug-likeness (QED) is 0.823. The van der Waals surface area contributed by atoms with Crippen molar-refractivity contribution in [3.8, 4) is 0 Å². The maximum Gasteiger partial charge on any atom is 0.330 e. The molecule has 100 valence electrons. The monoisotopic (exact) mass is 277 g/mol. The zero-order valence-electron chi connectivity index (χ0n) is 10.3. The summed E-state index contributed by atoms with van der Waals surface area (Å²) in [5.74, 6) is -0.143. The predicted octanol–water partition coefficient (Wildman–Crippen LogP) is 1.78. The van der Waals surface area contributed by atoms with Crippen molar-refractivity contribution in [1.29, 1.82) is 0 Å². The second-order valence-electron chi connectivity index (χ2n) is 4.42. The number of hydrogen-bond donors (Lipinski definition) is 2. The third-order valence-corrected chi connectivity index (χ3v) is 4.21. The van der Waals surface area contributed by atoms with Crippen LogP contribution in [0, 0.1) is 0 Å². The van der Waals surface area contributed by atoms with E-state index in [0.29, 0.717) is 12.2 Å². The van der Waals surface area contributed by atoms with Gasteiger partial charge >= 0.3 is 5.97 Å². The molecule has 1 heterocycles. The van der Waals surface area contributed by atoms with Gasteiger partial charge in [0.2, 0.25) is 5.91 Å². The average molecular weight is 277 g/mol. The molecule has 2 N–H and O–H groups in total. The van der Waals surface area contributed by atoms with E-state index in [1.165, 1.54) is 6.08 Å². The van der Waals surface area contributed by atoms with Gasteiger partial charge in [-0.05, 0) is 23.8 Å². The fourth-order valence-corrected chi connectivity index (χ4v) is 3.22. The van der Waals surface area contributed by atoms with Gasteiger partial charge < -0.3 is 10.4 Å². The molecule has 19 heavy (non-hydrogen) atoms. The van der Waals surface area contributed by atoms with Gasteiger partial charge in [0.1, 0.15) is 5.54 Å². The number of carboxylic acids is 1. The van der Waals surface area contributed by atoms with E-state index in [1.807, 2.05) is 30.3 Å². The molecule has 1 aromatic carbocycles. The Bertz CT molecular complexity index is 493. The van der Waals surface area contributed by atoms with E-state index >= 15 is 0 Å². The van der Waals surface area contributed by atoms with Crippen LogP contribution in [0.3, 0.4) is 0 Å². The minimum Gasteiger partial charge on any atom is -0.479 e. The predicted molar refractivity (Wildman–Crippen MR) is 75.9 cm³/mol. The molecule has 0 radical (unpaired) electrons. The molecule has 1 aliphatic rings. The van der Waals surface area contributed by atoms with E-state index < -0.39 is 11.5 Å². The number of carbonyl (C=O) groups is 2. The maximum atomic E-state index is 11.8. The van der Waals surface area contributed by atoms with Crippen molar-refractivity contribution in [1.82, 2.24) is 5.32 Å². The van der Waals surface area contributed by atoms with Crippen molar-refractivity contribution in [3.63, 3.8) is 0 Å². The first kappa shape index (κ1) is 13.7. The van der Waals surface area contributed by atoms with Gasteiger partial charge in [-0.25, -0.2) is 4.79 Å². The molecule has 1 aliphatic heterocycles. The van der Waals surface area contributed by atoms with Crippen LogP contribution >= 0.6 is 11.8 Å². The van der Waals surface area contributed by atoms with Gasteiger partial charge in [0.25, 0.3) is 0 Å². The topological polar surface area (TPSA) is 66.4 Å². The summed E-state index contributed by atoms with van der Waals surface area (Å²) in [4.78, 5) is 23.1. The molecule has 1 fully saturated rings. The fraction of sp³-hybridized carbons (Fsp3) is 0.286. The van der Waals surface area contributed by atoms with Gasteiger partial charge in [-0.2, -0.15) is 11.8 Å². The summed E-state index contributed by atoms with van der Waals surface area (Å²) < 4.78 is 0. The summed E-state index contributed by atoms with van der Waals surface area (Å²) in [6, 6.07) is 9.41. The van der Waals surface area contributed by atoms with E-state index in [0.717, 1.165) is 11.3 Å². The van der Waals surface area contributed by atoms with Crippen LogP contribution in [0.4, 0.5) is 0 Å². The maximum absolute atomic E-state index is 11.8. The number of benzene rings is 1. The first-order valence-electron chi connectivity index (χ1n) is 5.99. The molecular weight excluding hydrogens is 262 g/mol. The highest BCUT2D eigenvalue weighted by Crippen LogP contribution is 2.28. The molecule has 0 aliphatic carbocycles. The number of carbonyl (C=O) groups excluding carboxylic acids is 1. The van der Waals surface area contributed by atoms with Gasteiger partial charge in [-0.1, -0.05) is 30.3 Å². The van der Waals surface area contributed by atoms with Crippen molar-refractivity contribution in [2.75, 3.05) is 11.5 Å². The number of carboxylic acid groups (broad SMARTS) is 1. The van der Waals surface area contributed by atoms with Crippen LogP contribution in [-0.2, 0) is 9.59 Å². The van der Waals surface area contributed by atoms with Crippen LogP contribution in [0.5, 0.6) is 0 Å². The molecule has 5 heteroatoms. The lowest BCUT2D eigenvalue weighted by atomic mass is 9.99. The molecule has 1 saturated heterocycles. The second-order valence-corrected chi connectivity index (χ2v) is 5.53. The number of thioether (sulfide) groups is 1. The third-order valence-electron chi connectivity index (χ3n) is 3.02. The molecule has 1 aromatic rings. The molecule has 4 nitrogen and oxygen atoms in total. The Kier molecular flexibility index (Phi) is 4.27. The molecule has 0 spiro atoms. The number of nitrogens with one attached hydrogen (secondary N) is 1. The van der Waals surface area contributed by atoms with Gasteiger partial charge in [0.15, 0.2) is 0 Å². The Morgan fingerprint density at radius 3 is 2.63 bits per heavy atom. The molecule has 2 rings (SSSR count). The van der Waals surface area contributed by atoms with Crippen LogP contribution < -0.4 is 5.32 Å². The summed E-state index contributed by atoms with van der Waals surface area (Å²) in [5.41, 5.74) is -0.203. The van der Waals surface area contributed by atoms with Crippen LogP contribution in [0.15, 0.2) is 36.4 Å². The first-order valence-corrected chi connectivity index (χ1v) is 7.14. The number of aliphatic carboxylic acids is 1. The molecular formula is C14H15NO3S. The van der Waals surface area contributed by atoms with Crippen molar-refractivity contribution in [3.05, 3.63) is 42.0 Å².